The zero-order valence-electron chi connectivity index (χ0n) is 11.7. The molecule has 1 N–H and O–H groups in total. The molecule has 0 saturated carbocycles. The van der Waals surface area contributed by atoms with E-state index >= 15 is 0 Å². The molecule has 0 bridgehead atoms. The van der Waals surface area contributed by atoms with Gasteiger partial charge in [-0.1, -0.05) is 0 Å². The number of hydrogen-bond donors (Lipinski definition) is 1. The molecule has 0 radical (unpaired) electrons. The molecule has 1 aliphatic rings. The number of nitrogens with zero attached hydrogens (tertiary/aromatic N) is 2. The molecule has 1 aromatic rings. The fourth-order valence-electron chi connectivity index (χ4n) is 2.00. The number of ether oxygens (including phenoxy) is 1. The van der Waals surface area contributed by atoms with Gasteiger partial charge in [0.05, 0.1) is 11.6 Å². The Hall–Kier alpha value is -1.46. The molecular weight excluding hydrogens is 242 g/mol. The molecule has 0 aromatic carbocycles. The van der Waals surface area contributed by atoms with Crippen molar-refractivity contribution < 1.29 is 9.53 Å². The first-order chi connectivity index (χ1) is 9.02. The lowest BCUT2D eigenvalue weighted by atomic mass is 10.0. The first-order valence-corrected chi connectivity index (χ1v) is 6.52. The Morgan fingerprint density at radius 3 is 2.68 bits per heavy atom. The molecule has 1 aromatic heterocycles. The first kappa shape index (κ1) is 14.0. The van der Waals surface area contributed by atoms with Crippen molar-refractivity contribution in [3.05, 3.63) is 30.1 Å². The summed E-state index contributed by atoms with van der Waals surface area (Å²) >= 11 is 0. The van der Waals surface area contributed by atoms with Crippen molar-refractivity contribution in [3.8, 4) is 0 Å². The third-order valence-electron chi connectivity index (χ3n) is 3.70. The van der Waals surface area contributed by atoms with E-state index in [1.165, 1.54) is 0 Å². The maximum absolute atomic E-state index is 12.1. The van der Waals surface area contributed by atoms with Gasteiger partial charge >= 0.3 is 0 Å². The second-order valence-electron chi connectivity index (χ2n) is 5.30. The van der Waals surface area contributed by atoms with Crippen LogP contribution in [0.5, 0.6) is 0 Å². The van der Waals surface area contributed by atoms with Crippen LogP contribution in [-0.4, -0.2) is 48.1 Å². The van der Waals surface area contributed by atoms with Crippen molar-refractivity contribution in [2.45, 2.75) is 25.5 Å². The first-order valence-electron chi connectivity index (χ1n) is 6.52. The Morgan fingerprint density at radius 2 is 2.16 bits per heavy atom. The molecule has 1 atom stereocenters. The van der Waals surface area contributed by atoms with Crippen LogP contribution in [0.4, 0.5) is 0 Å². The van der Waals surface area contributed by atoms with Crippen LogP contribution < -0.4 is 5.32 Å². The number of hydrogen-bond acceptors (Lipinski definition) is 4. The van der Waals surface area contributed by atoms with Gasteiger partial charge in [0, 0.05) is 32.5 Å². The van der Waals surface area contributed by atoms with E-state index in [9.17, 15) is 4.79 Å². The molecule has 0 aliphatic carbocycles. The number of nitrogens with one attached hydrogen (secondary N) is 1. The number of aromatic nitrogens is 1. The van der Waals surface area contributed by atoms with Gasteiger partial charge < -0.3 is 15.0 Å². The highest BCUT2D eigenvalue weighted by molar-refractivity contribution is 5.77. The maximum atomic E-state index is 12.1. The van der Waals surface area contributed by atoms with Crippen LogP contribution in [0.3, 0.4) is 0 Å². The molecule has 1 saturated heterocycles. The molecule has 1 aliphatic heterocycles. The van der Waals surface area contributed by atoms with Crippen molar-refractivity contribution in [2.75, 3.05) is 26.7 Å². The minimum atomic E-state index is -0.184. The summed E-state index contributed by atoms with van der Waals surface area (Å²) < 4.78 is 5.67. The van der Waals surface area contributed by atoms with E-state index in [0.717, 1.165) is 18.7 Å². The van der Waals surface area contributed by atoms with Gasteiger partial charge in [0.2, 0.25) is 5.91 Å². The van der Waals surface area contributed by atoms with E-state index in [1.54, 1.807) is 24.3 Å². The Labute approximate surface area is 114 Å². The highest BCUT2D eigenvalue weighted by atomic mass is 16.5. The molecule has 2 heterocycles. The molecule has 5 nitrogen and oxygen atoms in total. The maximum Gasteiger partial charge on any atom is 0.248 e. The molecule has 1 fully saturated rings. The van der Waals surface area contributed by atoms with Crippen LogP contribution in [-0.2, 0) is 9.53 Å². The number of carbonyl (C=O) groups excluding carboxylic acids is 1. The van der Waals surface area contributed by atoms with Gasteiger partial charge in [0.1, 0.15) is 6.61 Å². The van der Waals surface area contributed by atoms with Gasteiger partial charge in [-0.25, -0.2) is 0 Å². The summed E-state index contributed by atoms with van der Waals surface area (Å²) in [6.07, 6.45) is 3.48. The van der Waals surface area contributed by atoms with Crippen LogP contribution in [0.1, 0.15) is 25.5 Å². The molecule has 5 heteroatoms. The summed E-state index contributed by atoms with van der Waals surface area (Å²) in [5.41, 5.74) is 0.888. The van der Waals surface area contributed by atoms with Crippen LogP contribution in [0.2, 0.25) is 0 Å². The van der Waals surface area contributed by atoms with E-state index in [4.69, 9.17) is 4.74 Å². The molecular formula is C14H21N3O2. The van der Waals surface area contributed by atoms with Crippen molar-refractivity contribution in [1.82, 2.24) is 15.2 Å². The van der Waals surface area contributed by atoms with E-state index in [1.807, 2.05) is 26.0 Å². The second-order valence-corrected chi connectivity index (χ2v) is 5.30. The van der Waals surface area contributed by atoms with E-state index in [-0.39, 0.29) is 24.2 Å². The molecule has 1 unspecified atom stereocenters. The van der Waals surface area contributed by atoms with Gasteiger partial charge in [-0.2, -0.15) is 0 Å². The van der Waals surface area contributed by atoms with Crippen LogP contribution >= 0.6 is 0 Å². The number of pyridine rings is 1. The third kappa shape index (κ3) is 3.30. The fourth-order valence-corrected chi connectivity index (χ4v) is 2.00. The minimum absolute atomic E-state index is 0.00237. The summed E-state index contributed by atoms with van der Waals surface area (Å²) in [4.78, 5) is 17.8. The van der Waals surface area contributed by atoms with Gasteiger partial charge in [0.25, 0.3) is 0 Å². The van der Waals surface area contributed by atoms with Crippen molar-refractivity contribution in [2.24, 2.45) is 0 Å². The normalized spacial score (nSPS) is 18.5. The summed E-state index contributed by atoms with van der Waals surface area (Å²) in [6, 6.07) is 3.87. The number of likely N-dealkylation sites (N-methyl/N-ethyl adjacent to an activating group) is 1. The lowest BCUT2D eigenvalue weighted by molar-refractivity contribution is -0.146. The highest BCUT2D eigenvalue weighted by Gasteiger charge is 2.33. The van der Waals surface area contributed by atoms with Crippen molar-refractivity contribution in [3.63, 3.8) is 0 Å². The van der Waals surface area contributed by atoms with Gasteiger partial charge in [-0.3, -0.25) is 9.78 Å². The second kappa shape index (κ2) is 5.67. The van der Waals surface area contributed by atoms with Gasteiger partial charge in [0.15, 0.2) is 0 Å². The zero-order chi connectivity index (χ0) is 13.9. The monoisotopic (exact) mass is 263 g/mol. The van der Waals surface area contributed by atoms with E-state index < -0.39 is 0 Å². The lowest BCUT2D eigenvalue weighted by Gasteiger charge is -2.39. The number of rotatable bonds is 5. The van der Waals surface area contributed by atoms with Crippen LogP contribution in [0.15, 0.2) is 24.5 Å². The fraction of sp³-hybridized carbons (Fsp3) is 0.571. The predicted molar refractivity (Wildman–Crippen MR) is 72.6 cm³/mol. The number of carbonyl (C=O) groups is 1. The molecule has 1 amide bonds. The van der Waals surface area contributed by atoms with Crippen molar-refractivity contribution >= 4 is 5.91 Å². The van der Waals surface area contributed by atoms with Gasteiger partial charge in [-0.05, 0) is 31.5 Å². The average molecular weight is 263 g/mol. The van der Waals surface area contributed by atoms with E-state index in [2.05, 4.69) is 10.3 Å². The molecule has 19 heavy (non-hydrogen) atoms. The average Bonchev–Trinajstić information content (AvgIpc) is 2.42. The number of amides is 1. The Morgan fingerprint density at radius 1 is 1.53 bits per heavy atom. The minimum Gasteiger partial charge on any atom is -0.363 e. The lowest BCUT2D eigenvalue weighted by Crippen LogP contribution is -2.59. The van der Waals surface area contributed by atoms with Crippen LogP contribution in [0, 0.1) is 0 Å². The van der Waals surface area contributed by atoms with E-state index in [0.29, 0.717) is 0 Å². The third-order valence-corrected chi connectivity index (χ3v) is 3.70. The van der Waals surface area contributed by atoms with Crippen LogP contribution in [0.25, 0.3) is 0 Å². The molecule has 104 valence electrons. The summed E-state index contributed by atoms with van der Waals surface area (Å²) in [7, 11) is 1.80. The Balaban J connectivity index is 1.88. The topological polar surface area (TPSA) is 54.5 Å². The standard InChI is InChI=1S/C14H21N3O2/c1-11(12-4-6-15-7-5-12)17(3)13(18)8-19-14(2)9-16-10-14/h4-7,11,16H,8-10H2,1-3H3. The SMILES string of the molecule is CC(c1ccncc1)N(C)C(=O)COC1(C)CNC1. The van der Waals surface area contributed by atoms with Crippen molar-refractivity contribution in [1.29, 1.82) is 0 Å². The Kier molecular flexibility index (Phi) is 4.17. The summed E-state index contributed by atoms with van der Waals surface area (Å²) in [6.45, 7) is 5.76. The summed E-state index contributed by atoms with van der Waals surface area (Å²) in [5.74, 6) is -0.00237. The zero-order valence-corrected chi connectivity index (χ0v) is 11.7. The van der Waals surface area contributed by atoms with Gasteiger partial charge in [-0.15, -0.1) is 0 Å². The Bertz CT molecular complexity index is 432. The largest absolute Gasteiger partial charge is 0.363 e. The predicted octanol–water partition coefficient (Wildman–Crippen LogP) is 0.979. The molecule has 2 rings (SSSR count). The quantitative estimate of drug-likeness (QED) is 0.860. The smallest absolute Gasteiger partial charge is 0.248 e. The summed E-state index contributed by atoms with van der Waals surface area (Å²) in [5, 5.41) is 3.15. The highest BCUT2D eigenvalue weighted by Crippen LogP contribution is 2.19. The molecule has 0 spiro atoms.